The Morgan fingerprint density at radius 3 is 2.58 bits per heavy atom. The molecule has 2 atom stereocenters. The predicted molar refractivity (Wildman–Crippen MR) is 82.1 cm³/mol. The molecule has 0 radical (unpaired) electrons. The number of carbonyl (C=O) groups excluding carboxylic acids is 1. The Balaban J connectivity index is 2.59. The van der Waals surface area contributed by atoms with Crippen molar-refractivity contribution in [2.24, 2.45) is 0 Å². The lowest BCUT2D eigenvalue weighted by Gasteiger charge is -2.39. The monoisotopic (exact) mass is 382 g/mol. The number of hydrogen-bond donors (Lipinski definition) is 0. The van der Waals surface area contributed by atoms with Gasteiger partial charge >= 0.3 is 5.97 Å². The molecule has 4 nitrogen and oxygen atoms in total. The largest absolute Gasteiger partial charge is 0.460 e. The van der Waals surface area contributed by atoms with E-state index < -0.39 is 11.4 Å². The molecule has 110 valence electrons. The second kappa shape index (κ2) is 6.54. The summed E-state index contributed by atoms with van der Waals surface area (Å²) in [7, 11) is 0. The van der Waals surface area contributed by atoms with Crippen LogP contribution in [-0.2, 0) is 19.0 Å². The predicted octanol–water partition coefficient (Wildman–Crippen LogP) is 3.58. The smallest absolute Gasteiger partial charge is 0.308 e. The summed E-state index contributed by atoms with van der Waals surface area (Å²) in [6, 6.07) is 0. The van der Waals surface area contributed by atoms with Gasteiger partial charge < -0.3 is 14.2 Å². The summed E-state index contributed by atoms with van der Waals surface area (Å²) in [5.41, 5.74) is -0.459. The molecule has 0 saturated carbocycles. The lowest BCUT2D eigenvalue weighted by molar-refractivity contribution is -0.290. The van der Waals surface area contributed by atoms with Crippen molar-refractivity contribution in [3.63, 3.8) is 0 Å². The third-order valence-electron chi connectivity index (χ3n) is 2.48. The molecule has 2 unspecified atom stereocenters. The van der Waals surface area contributed by atoms with Crippen LogP contribution in [0.5, 0.6) is 0 Å². The molecular formula is C14H23IO4. The molecule has 1 rings (SSSR count). The van der Waals surface area contributed by atoms with E-state index in [-0.39, 0.29) is 24.6 Å². The Hall–Kier alpha value is -0.140. The van der Waals surface area contributed by atoms with Gasteiger partial charge in [0.1, 0.15) is 5.60 Å². The molecule has 0 aliphatic carbocycles. The number of halogens is 1. The SMILES string of the molecule is CC(C)(C)OC(=O)CC1CC(C=CI)OC(C)(C)O1. The Morgan fingerprint density at radius 2 is 2.05 bits per heavy atom. The van der Waals surface area contributed by atoms with Crippen LogP contribution in [0.2, 0.25) is 0 Å². The third-order valence-corrected chi connectivity index (χ3v) is 2.90. The van der Waals surface area contributed by atoms with Gasteiger partial charge in [-0.05, 0) is 44.8 Å². The van der Waals surface area contributed by atoms with Crippen molar-refractivity contribution in [3.8, 4) is 0 Å². The molecule has 0 aromatic carbocycles. The highest BCUT2D eigenvalue weighted by atomic mass is 127. The molecule has 1 heterocycles. The van der Waals surface area contributed by atoms with Gasteiger partial charge in [0, 0.05) is 6.42 Å². The van der Waals surface area contributed by atoms with Crippen molar-refractivity contribution in [1.82, 2.24) is 0 Å². The van der Waals surface area contributed by atoms with E-state index in [1.54, 1.807) is 0 Å². The Bertz CT molecular complexity index is 344. The number of carbonyl (C=O) groups is 1. The van der Waals surface area contributed by atoms with Crippen LogP contribution in [0.15, 0.2) is 10.2 Å². The number of hydrogen-bond acceptors (Lipinski definition) is 4. The molecule has 0 aromatic heterocycles. The summed E-state index contributed by atoms with van der Waals surface area (Å²) in [6.07, 6.45) is 2.72. The Kier molecular flexibility index (Phi) is 5.82. The minimum absolute atomic E-state index is 0.0203. The van der Waals surface area contributed by atoms with E-state index in [0.717, 1.165) is 0 Å². The van der Waals surface area contributed by atoms with Gasteiger partial charge in [0.05, 0.1) is 18.6 Å². The van der Waals surface area contributed by atoms with Crippen molar-refractivity contribution in [2.75, 3.05) is 0 Å². The Labute approximate surface area is 129 Å². The van der Waals surface area contributed by atoms with Crippen molar-refractivity contribution in [2.45, 2.75) is 71.1 Å². The molecule has 0 bridgehead atoms. The van der Waals surface area contributed by atoms with Crippen LogP contribution in [0, 0.1) is 0 Å². The van der Waals surface area contributed by atoms with Gasteiger partial charge in [-0.1, -0.05) is 22.6 Å². The molecule has 19 heavy (non-hydrogen) atoms. The highest BCUT2D eigenvalue weighted by Gasteiger charge is 2.36. The zero-order valence-corrected chi connectivity index (χ0v) is 14.4. The summed E-state index contributed by atoms with van der Waals surface area (Å²) in [5.74, 6) is -0.904. The lowest BCUT2D eigenvalue weighted by atomic mass is 10.1. The second-order valence-electron chi connectivity index (χ2n) is 6.14. The fraction of sp³-hybridized carbons (Fsp3) is 0.786. The van der Waals surface area contributed by atoms with Crippen molar-refractivity contribution in [3.05, 3.63) is 10.2 Å². The third kappa shape index (κ3) is 6.72. The fourth-order valence-electron chi connectivity index (χ4n) is 2.04. The zero-order valence-electron chi connectivity index (χ0n) is 12.2. The number of rotatable bonds is 3. The van der Waals surface area contributed by atoms with Gasteiger partial charge in [-0.15, -0.1) is 0 Å². The molecule has 0 amide bonds. The lowest BCUT2D eigenvalue weighted by Crippen LogP contribution is -2.45. The molecular weight excluding hydrogens is 359 g/mol. The maximum absolute atomic E-state index is 11.8. The molecule has 1 aliphatic rings. The first kappa shape index (κ1) is 16.9. The standard InChI is InChI=1S/C14H23IO4/c1-13(2,3)19-12(16)9-11-8-10(6-7-15)17-14(4,5)18-11/h6-7,10-11H,8-9H2,1-5H3. The first-order valence-electron chi connectivity index (χ1n) is 6.46. The van der Waals surface area contributed by atoms with E-state index in [1.807, 2.05) is 44.8 Å². The maximum Gasteiger partial charge on any atom is 0.308 e. The molecule has 1 aliphatic heterocycles. The van der Waals surface area contributed by atoms with Crippen molar-refractivity contribution in [1.29, 1.82) is 0 Å². The summed E-state index contributed by atoms with van der Waals surface area (Å²) in [5, 5.41) is 0. The topological polar surface area (TPSA) is 44.8 Å². The molecule has 1 saturated heterocycles. The van der Waals surface area contributed by atoms with E-state index in [4.69, 9.17) is 14.2 Å². The van der Waals surface area contributed by atoms with Gasteiger partial charge in [-0.2, -0.15) is 0 Å². The quantitative estimate of drug-likeness (QED) is 0.553. The van der Waals surface area contributed by atoms with Crippen LogP contribution in [0.1, 0.15) is 47.5 Å². The van der Waals surface area contributed by atoms with Crippen LogP contribution in [0.4, 0.5) is 0 Å². The van der Waals surface area contributed by atoms with E-state index in [9.17, 15) is 4.79 Å². The van der Waals surface area contributed by atoms with Gasteiger partial charge in [0.15, 0.2) is 5.79 Å². The highest BCUT2D eigenvalue weighted by molar-refractivity contribution is 14.1. The van der Waals surface area contributed by atoms with Crippen LogP contribution in [0.25, 0.3) is 0 Å². The number of ether oxygens (including phenoxy) is 3. The molecule has 1 fully saturated rings. The van der Waals surface area contributed by atoms with E-state index >= 15 is 0 Å². The van der Waals surface area contributed by atoms with Crippen LogP contribution < -0.4 is 0 Å². The zero-order chi connectivity index (χ0) is 14.7. The summed E-state index contributed by atoms with van der Waals surface area (Å²) in [6.45, 7) is 9.31. The molecule has 0 spiro atoms. The maximum atomic E-state index is 11.8. The first-order chi connectivity index (χ1) is 8.61. The van der Waals surface area contributed by atoms with Gasteiger partial charge in [0.2, 0.25) is 0 Å². The normalized spacial score (nSPS) is 27.5. The Morgan fingerprint density at radius 1 is 1.42 bits per heavy atom. The highest BCUT2D eigenvalue weighted by Crippen LogP contribution is 2.29. The average molecular weight is 382 g/mol. The molecule has 0 N–H and O–H groups in total. The minimum atomic E-state index is -0.675. The van der Waals surface area contributed by atoms with Crippen molar-refractivity contribution >= 4 is 28.6 Å². The minimum Gasteiger partial charge on any atom is -0.460 e. The van der Waals surface area contributed by atoms with E-state index in [0.29, 0.717) is 6.42 Å². The van der Waals surface area contributed by atoms with Crippen LogP contribution in [-0.4, -0.2) is 29.6 Å². The fourth-order valence-corrected chi connectivity index (χ4v) is 2.51. The van der Waals surface area contributed by atoms with E-state index in [2.05, 4.69) is 22.6 Å². The van der Waals surface area contributed by atoms with Crippen molar-refractivity contribution < 1.29 is 19.0 Å². The first-order valence-corrected chi connectivity index (χ1v) is 7.70. The van der Waals surface area contributed by atoms with Crippen LogP contribution in [0.3, 0.4) is 0 Å². The number of esters is 1. The van der Waals surface area contributed by atoms with Crippen LogP contribution >= 0.6 is 22.6 Å². The van der Waals surface area contributed by atoms with E-state index in [1.165, 1.54) is 0 Å². The summed E-state index contributed by atoms with van der Waals surface area (Å²) < 4.78 is 18.8. The molecule has 5 heteroatoms. The van der Waals surface area contributed by atoms with Gasteiger partial charge in [0.25, 0.3) is 0 Å². The average Bonchev–Trinajstić information content (AvgIpc) is 2.10. The summed E-state index contributed by atoms with van der Waals surface area (Å²) in [4.78, 5) is 11.8. The summed E-state index contributed by atoms with van der Waals surface area (Å²) >= 11 is 2.16. The van der Waals surface area contributed by atoms with Gasteiger partial charge in [-0.25, -0.2) is 0 Å². The molecule has 0 aromatic rings. The second-order valence-corrected chi connectivity index (χ2v) is 6.86. The van der Waals surface area contributed by atoms with Gasteiger partial charge in [-0.3, -0.25) is 4.79 Å².